The van der Waals surface area contributed by atoms with E-state index in [0.717, 1.165) is 89.9 Å². The summed E-state index contributed by atoms with van der Waals surface area (Å²) < 4.78 is 33.9. The molecule has 0 aromatic heterocycles. The van der Waals surface area contributed by atoms with Crippen molar-refractivity contribution in [2.45, 2.75) is 168 Å². The number of rotatable bonds is 39. The SMILES string of the molecule is CC/C=C\C/C=C\C/C=C\C/C=C\CCCCCCC(=O)OC(COC(=O)CCCCCCC/C=C\C/C=C\CCCCCC)COP(=O)([O-])OCC[N+](C)(C)C. The zero-order valence-electron chi connectivity index (χ0n) is 36.8. The molecular weight excluding hydrogens is 737 g/mol. The van der Waals surface area contributed by atoms with Gasteiger partial charge >= 0.3 is 11.9 Å². The molecule has 0 saturated carbocycles. The first-order valence-corrected chi connectivity index (χ1v) is 23.6. The standard InChI is InChI=1S/C47H82NO8P/c1-6-8-10-12-14-16-18-20-22-24-26-28-30-32-34-36-38-40-47(50)56-45(44-55-57(51,52)54-42-41-48(3,4)5)43-53-46(49)39-37-35-33-31-29-27-25-23-21-19-17-15-13-11-9-7-2/h8,10,14,16-17,19-20,22-23,25-26,28,45H,6-7,9,11-13,15,18,21,24,27,29-44H2,1-5H3/b10-8-,16-14-,19-17-,22-20-,25-23-,28-26-. The smallest absolute Gasteiger partial charge is 0.306 e. The van der Waals surface area contributed by atoms with Gasteiger partial charge in [-0.1, -0.05) is 138 Å². The summed E-state index contributed by atoms with van der Waals surface area (Å²) in [5, 5.41) is 0. The number of phosphoric acid groups is 1. The molecule has 0 heterocycles. The van der Waals surface area contributed by atoms with E-state index in [9.17, 15) is 19.0 Å². The molecule has 0 aromatic carbocycles. The van der Waals surface area contributed by atoms with Crippen molar-refractivity contribution in [1.82, 2.24) is 0 Å². The number of nitrogens with zero attached hydrogens (tertiary/aromatic N) is 1. The van der Waals surface area contributed by atoms with Crippen LogP contribution in [0.2, 0.25) is 0 Å². The Labute approximate surface area is 348 Å². The first kappa shape index (κ1) is 54.5. The Morgan fingerprint density at radius 3 is 1.49 bits per heavy atom. The summed E-state index contributed by atoms with van der Waals surface area (Å²) in [6.07, 6.45) is 47.8. The number of allylic oxidation sites excluding steroid dienone is 12. The molecule has 0 amide bonds. The largest absolute Gasteiger partial charge is 0.756 e. The number of esters is 2. The number of hydrogen-bond acceptors (Lipinski definition) is 8. The van der Waals surface area contributed by atoms with Gasteiger partial charge in [-0.05, 0) is 83.5 Å². The van der Waals surface area contributed by atoms with Crippen LogP contribution in [0, 0.1) is 0 Å². The number of carbonyl (C=O) groups excluding carboxylic acids is 2. The van der Waals surface area contributed by atoms with E-state index in [4.69, 9.17) is 18.5 Å². The van der Waals surface area contributed by atoms with Gasteiger partial charge in [-0.3, -0.25) is 14.2 Å². The van der Waals surface area contributed by atoms with Crippen molar-refractivity contribution in [2.75, 3.05) is 47.5 Å². The van der Waals surface area contributed by atoms with Crippen molar-refractivity contribution in [3.8, 4) is 0 Å². The van der Waals surface area contributed by atoms with Gasteiger partial charge in [0.25, 0.3) is 7.82 Å². The number of quaternary nitrogens is 1. The second-order valence-electron chi connectivity index (χ2n) is 15.7. The van der Waals surface area contributed by atoms with Crippen LogP contribution in [0.4, 0.5) is 0 Å². The molecule has 0 radical (unpaired) electrons. The Morgan fingerprint density at radius 2 is 1.00 bits per heavy atom. The van der Waals surface area contributed by atoms with Crippen LogP contribution in [0.3, 0.4) is 0 Å². The van der Waals surface area contributed by atoms with E-state index in [1.807, 2.05) is 21.1 Å². The van der Waals surface area contributed by atoms with Gasteiger partial charge in [0.05, 0.1) is 27.7 Å². The zero-order valence-corrected chi connectivity index (χ0v) is 37.7. The monoisotopic (exact) mass is 820 g/mol. The molecule has 0 aromatic rings. The number of ether oxygens (including phenoxy) is 2. The highest BCUT2D eigenvalue weighted by atomic mass is 31.2. The predicted molar refractivity (Wildman–Crippen MR) is 236 cm³/mol. The number of phosphoric ester groups is 1. The lowest BCUT2D eigenvalue weighted by Crippen LogP contribution is -2.37. The Morgan fingerprint density at radius 1 is 0.561 bits per heavy atom. The Hall–Kier alpha value is -2.55. The Balaban J connectivity index is 4.45. The molecule has 2 unspecified atom stereocenters. The van der Waals surface area contributed by atoms with E-state index in [2.05, 4.69) is 86.8 Å². The predicted octanol–water partition coefficient (Wildman–Crippen LogP) is 12.0. The molecule has 0 N–H and O–H groups in total. The number of carbonyl (C=O) groups is 2. The second-order valence-corrected chi connectivity index (χ2v) is 17.1. The van der Waals surface area contributed by atoms with Crippen molar-refractivity contribution in [2.24, 2.45) is 0 Å². The highest BCUT2D eigenvalue weighted by molar-refractivity contribution is 7.45. The molecule has 10 heteroatoms. The molecule has 0 aliphatic carbocycles. The van der Waals surface area contributed by atoms with Crippen molar-refractivity contribution in [1.29, 1.82) is 0 Å². The van der Waals surface area contributed by atoms with Crippen molar-refractivity contribution in [3.05, 3.63) is 72.9 Å². The minimum absolute atomic E-state index is 0.0421. The van der Waals surface area contributed by atoms with Crippen molar-refractivity contribution >= 4 is 19.8 Å². The molecule has 0 bridgehead atoms. The molecule has 0 saturated heterocycles. The average molecular weight is 820 g/mol. The van der Waals surface area contributed by atoms with E-state index >= 15 is 0 Å². The highest BCUT2D eigenvalue weighted by Crippen LogP contribution is 2.38. The Kier molecular flexibility index (Phi) is 37.2. The van der Waals surface area contributed by atoms with E-state index in [1.54, 1.807) is 0 Å². The van der Waals surface area contributed by atoms with Crippen LogP contribution in [0.1, 0.15) is 162 Å². The fourth-order valence-electron chi connectivity index (χ4n) is 5.50. The summed E-state index contributed by atoms with van der Waals surface area (Å²) in [7, 11) is 1.13. The molecule has 9 nitrogen and oxygen atoms in total. The Bertz CT molecular complexity index is 1200. The summed E-state index contributed by atoms with van der Waals surface area (Å²) >= 11 is 0. The van der Waals surface area contributed by atoms with Gasteiger partial charge in [0, 0.05) is 12.8 Å². The number of unbranched alkanes of at least 4 members (excludes halogenated alkanes) is 13. The normalized spacial score (nSPS) is 14.3. The fraction of sp³-hybridized carbons (Fsp3) is 0.702. The fourth-order valence-corrected chi connectivity index (χ4v) is 6.23. The van der Waals surface area contributed by atoms with Gasteiger partial charge in [-0.15, -0.1) is 0 Å². The third kappa shape index (κ3) is 42.9. The molecule has 0 rings (SSSR count). The molecule has 0 aliphatic rings. The number of hydrogen-bond donors (Lipinski definition) is 0. The van der Waals surface area contributed by atoms with E-state index in [0.29, 0.717) is 23.9 Å². The topological polar surface area (TPSA) is 111 Å². The lowest BCUT2D eigenvalue weighted by molar-refractivity contribution is -0.870. The first-order chi connectivity index (χ1) is 27.5. The third-order valence-electron chi connectivity index (χ3n) is 8.96. The third-order valence-corrected chi connectivity index (χ3v) is 9.92. The van der Waals surface area contributed by atoms with Gasteiger partial charge in [0.15, 0.2) is 6.10 Å². The highest BCUT2D eigenvalue weighted by Gasteiger charge is 2.21. The molecule has 0 fully saturated rings. The van der Waals surface area contributed by atoms with Gasteiger partial charge in [-0.25, -0.2) is 0 Å². The quantitative estimate of drug-likeness (QED) is 0.0198. The minimum Gasteiger partial charge on any atom is -0.756 e. The molecule has 57 heavy (non-hydrogen) atoms. The summed E-state index contributed by atoms with van der Waals surface area (Å²) in [6.45, 7) is 4.03. The lowest BCUT2D eigenvalue weighted by atomic mass is 10.1. The van der Waals surface area contributed by atoms with Crippen LogP contribution in [-0.4, -0.2) is 70.0 Å². The summed E-state index contributed by atoms with van der Waals surface area (Å²) in [5.41, 5.74) is 0. The van der Waals surface area contributed by atoms with Gasteiger partial charge in [0.2, 0.25) is 0 Å². The molecule has 2 atom stereocenters. The average Bonchev–Trinajstić information content (AvgIpc) is 3.16. The number of likely N-dealkylation sites (N-methyl/N-ethyl adjacent to an activating group) is 1. The van der Waals surface area contributed by atoms with Crippen LogP contribution < -0.4 is 4.89 Å². The second kappa shape index (κ2) is 38.9. The van der Waals surface area contributed by atoms with Crippen molar-refractivity contribution in [3.63, 3.8) is 0 Å². The summed E-state index contributed by atoms with van der Waals surface area (Å²) in [5.74, 6) is -0.885. The maximum Gasteiger partial charge on any atom is 0.306 e. The summed E-state index contributed by atoms with van der Waals surface area (Å²) in [6, 6.07) is 0. The molecule has 0 spiro atoms. The van der Waals surface area contributed by atoms with Gasteiger partial charge < -0.3 is 27.9 Å². The molecule has 0 aliphatic heterocycles. The van der Waals surface area contributed by atoms with Crippen LogP contribution in [0.5, 0.6) is 0 Å². The van der Waals surface area contributed by atoms with Crippen LogP contribution in [-0.2, 0) is 32.7 Å². The van der Waals surface area contributed by atoms with E-state index < -0.39 is 32.5 Å². The maximum atomic E-state index is 12.7. The summed E-state index contributed by atoms with van der Waals surface area (Å²) in [4.78, 5) is 37.5. The van der Waals surface area contributed by atoms with Crippen LogP contribution >= 0.6 is 7.82 Å². The maximum absolute atomic E-state index is 12.7. The molecule has 328 valence electrons. The van der Waals surface area contributed by atoms with Gasteiger partial charge in [-0.2, -0.15) is 0 Å². The van der Waals surface area contributed by atoms with E-state index in [-0.39, 0.29) is 26.1 Å². The lowest BCUT2D eigenvalue weighted by Gasteiger charge is -2.28. The van der Waals surface area contributed by atoms with Gasteiger partial charge in [0.1, 0.15) is 19.8 Å². The van der Waals surface area contributed by atoms with Crippen molar-refractivity contribution < 1.29 is 42.1 Å². The van der Waals surface area contributed by atoms with Crippen LogP contribution in [0.15, 0.2) is 72.9 Å². The van der Waals surface area contributed by atoms with E-state index in [1.165, 1.54) is 32.1 Å². The zero-order chi connectivity index (χ0) is 42.1. The minimum atomic E-state index is -4.64. The van der Waals surface area contributed by atoms with Crippen LogP contribution in [0.25, 0.3) is 0 Å². The first-order valence-electron chi connectivity index (χ1n) is 22.1. The molecular formula is C47H82NO8P.